The molecule has 2 aromatic rings. The molecule has 1 heterocycles. The molecule has 0 radical (unpaired) electrons. The van der Waals surface area contributed by atoms with E-state index in [4.69, 9.17) is 16.3 Å². The zero-order valence-electron chi connectivity index (χ0n) is 12.7. The minimum Gasteiger partial charge on any atom is -0.465 e. The maximum absolute atomic E-state index is 12.8. The number of H-pyrrole nitrogens is 1. The molecule has 0 amide bonds. The van der Waals surface area contributed by atoms with Gasteiger partial charge in [-0.2, -0.15) is 0 Å². The quantitative estimate of drug-likeness (QED) is 0.662. The molecule has 4 heteroatoms. The van der Waals surface area contributed by atoms with Gasteiger partial charge >= 0.3 is 5.97 Å². The third kappa shape index (κ3) is 1.66. The van der Waals surface area contributed by atoms with Crippen molar-refractivity contribution >= 4 is 28.5 Å². The second-order valence-corrected chi connectivity index (χ2v) is 6.80. The number of nitrogens with one attached hydrogen (secondary N) is 1. The molecule has 0 saturated heterocycles. The van der Waals surface area contributed by atoms with Crippen LogP contribution in [0.25, 0.3) is 10.9 Å². The van der Waals surface area contributed by atoms with Gasteiger partial charge in [0.1, 0.15) is 0 Å². The predicted molar refractivity (Wildman–Crippen MR) is 87.3 cm³/mol. The third-order valence-electron chi connectivity index (χ3n) is 5.20. The Morgan fingerprint density at radius 2 is 2.27 bits per heavy atom. The first-order valence-electron chi connectivity index (χ1n) is 7.72. The van der Waals surface area contributed by atoms with E-state index in [1.165, 1.54) is 0 Å². The highest BCUT2D eigenvalue weighted by Gasteiger charge is 2.52. The largest absolute Gasteiger partial charge is 0.465 e. The molecule has 1 unspecified atom stereocenters. The fourth-order valence-corrected chi connectivity index (χ4v) is 4.26. The number of hydrogen-bond donors (Lipinski definition) is 1. The molecular weight excluding hydrogens is 298 g/mol. The van der Waals surface area contributed by atoms with E-state index in [2.05, 4.69) is 17.1 Å². The second-order valence-electron chi connectivity index (χ2n) is 6.36. The number of fused-ring (bicyclic) bond motifs is 6. The average molecular weight is 316 g/mol. The molecule has 2 bridgehead atoms. The van der Waals surface area contributed by atoms with Gasteiger partial charge in [0.2, 0.25) is 0 Å². The molecule has 2 aliphatic carbocycles. The van der Waals surface area contributed by atoms with Crippen LogP contribution in [-0.4, -0.2) is 17.6 Å². The van der Waals surface area contributed by atoms with E-state index in [1.54, 1.807) is 0 Å². The van der Waals surface area contributed by atoms with Gasteiger partial charge < -0.3 is 9.72 Å². The minimum atomic E-state index is -0.655. The molecule has 1 aromatic heterocycles. The Balaban J connectivity index is 2.03. The number of rotatable bonds is 2. The maximum Gasteiger partial charge on any atom is 0.316 e. The number of carbonyl (C=O) groups excluding carboxylic acids is 1. The summed E-state index contributed by atoms with van der Waals surface area (Å²) in [4.78, 5) is 16.3. The standard InChI is InChI=1S/C18H18ClNO2/c1-3-22-17(21)18(2)11-5-4-10(8-11)16-15(18)13-9-12(19)6-7-14(13)20-16/h4-7,9-11,20H,3,8H2,1-2H3/t10?,11-,18-/m1/s1. The van der Waals surface area contributed by atoms with Crippen LogP contribution in [0.3, 0.4) is 0 Å². The SMILES string of the molecule is CCOC(=O)[C@@]1(C)c2c([nH]c3ccc(Cl)cc23)C2C=C[C@@H]1C2. The van der Waals surface area contributed by atoms with Gasteiger partial charge in [-0.1, -0.05) is 23.8 Å². The van der Waals surface area contributed by atoms with E-state index in [9.17, 15) is 4.79 Å². The van der Waals surface area contributed by atoms with E-state index in [-0.39, 0.29) is 11.9 Å². The van der Waals surface area contributed by atoms with E-state index < -0.39 is 5.41 Å². The topological polar surface area (TPSA) is 42.1 Å². The van der Waals surface area contributed by atoms with Crippen LogP contribution in [0.2, 0.25) is 5.02 Å². The highest BCUT2D eigenvalue weighted by Crippen LogP contribution is 2.54. The number of halogens is 1. The summed E-state index contributed by atoms with van der Waals surface area (Å²) in [6.45, 7) is 4.26. The van der Waals surface area contributed by atoms with Crippen LogP contribution in [0, 0.1) is 5.92 Å². The van der Waals surface area contributed by atoms with Gasteiger partial charge in [-0.25, -0.2) is 0 Å². The summed E-state index contributed by atoms with van der Waals surface area (Å²) >= 11 is 6.19. The van der Waals surface area contributed by atoms with Crippen LogP contribution in [0.15, 0.2) is 30.4 Å². The lowest BCUT2D eigenvalue weighted by Crippen LogP contribution is -2.43. The van der Waals surface area contributed by atoms with Gasteiger partial charge in [-0.05, 0) is 49.9 Å². The lowest BCUT2D eigenvalue weighted by atomic mass is 9.65. The molecule has 22 heavy (non-hydrogen) atoms. The first-order valence-corrected chi connectivity index (χ1v) is 8.10. The van der Waals surface area contributed by atoms with Crippen molar-refractivity contribution in [3.05, 3.63) is 46.6 Å². The number of hydrogen-bond acceptors (Lipinski definition) is 2. The molecule has 1 aromatic carbocycles. The maximum atomic E-state index is 12.8. The number of benzene rings is 1. The molecule has 3 atom stereocenters. The normalized spacial score (nSPS) is 28.9. The number of aromatic amines is 1. The van der Waals surface area contributed by atoms with Crippen LogP contribution in [0.1, 0.15) is 37.4 Å². The summed E-state index contributed by atoms with van der Waals surface area (Å²) in [5.74, 6) is 0.392. The summed E-state index contributed by atoms with van der Waals surface area (Å²) in [6.07, 6.45) is 5.35. The monoisotopic (exact) mass is 315 g/mol. The summed E-state index contributed by atoms with van der Waals surface area (Å²) in [5.41, 5.74) is 2.58. The Bertz CT molecular complexity index is 807. The average Bonchev–Trinajstić information content (AvgIpc) is 3.08. The molecule has 0 spiro atoms. The van der Waals surface area contributed by atoms with Crippen LogP contribution < -0.4 is 0 Å². The Kier molecular flexibility index (Phi) is 2.92. The van der Waals surface area contributed by atoms with Crippen molar-refractivity contribution in [1.82, 2.24) is 4.98 Å². The Morgan fingerprint density at radius 1 is 1.45 bits per heavy atom. The highest BCUT2D eigenvalue weighted by atomic mass is 35.5. The predicted octanol–water partition coefficient (Wildman–Crippen LogP) is 4.32. The Hall–Kier alpha value is -1.74. The van der Waals surface area contributed by atoms with Crippen molar-refractivity contribution in [2.45, 2.75) is 31.6 Å². The van der Waals surface area contributed by atoms with Crippen LogP contribution in [-0.2, 0) is 14.9 Å². The highest BCUT2D eigenvalue weighted by molar-refractivity contribution is 6.31. The van der Waals surface area contributed by atoms with Crippen LogP contribution in [0.4, 0.5) is 0 Å². The molecule has 0 fully saturated rings. The van der Waals surface area contributed by atoms with Gasteiger partial charge in [0.05, 0.1) is 12.0 Å². The number of esters is 1. The summed E-state index contributed by atoms with van der Waals surface area (Å²) in [5, 5.41) is 1.72. The zero-order chi connectivity index (χ0) is 15.5. The molecule has 2 aliphatic rings. The van der Waals surface area contributed by atoms with Crippen molar-refractivity contribution in [2.75, 3.05) is 6.61 Å². The molecule has 3 nitrogen and oxygen atoms in total. The van der Waals surface area contributed by atoms with Crippen molar-refractivity contribution in [3.63, 3.8) is 0 Å². The van der Waals surface area contributed by atoms with Crippen molar-refractivity contribution < 1.29 is 9.53 Å². The van der Waals surface area contributed by atoms with Crippen LogP contribution >= 0.6 is 11.6 Å². The third-order valence-corrected chi connectivity index (χ3v) is 5.44. The van der Waals surface area contributed by atoms with E-state index in [1.807, 2.05) is 32.0 Å². The molecule has 0 aliphatic heterocycles. The van der Waals surface area contributed by atoms with Crippen molar-refractivity contribution in [1.29, 1.82) is 0 Å². The first kappa shape index (κ1) is 13.9. The minimum absolute atomic E-state index is 0.146. The van der Waals surface area contributed by atoms with E-state index in [0.717, 1.165) is 28.6 Å². The van der Waals surface area contributed by atoms with Crippen molar-refractivity contribution in [2.24, 2.45) is 5.92 Å². The zero-order valence-corrected chi connectivity index (χ0v) is 13.4. The molecule has 4 rings (SSSR count). The number of aromatic nitrogens is 1. The smallest absolute Gasteiger partial charge is 0.316 e. The number of carbonyl (C=O) groups is 1. The molecule has 0 saturated carbocycles. The fourth-order valence-electron chi connectivity index (χ4n) is 4.08. The van der Waals surface area contributed by atoms with Gasteiger partial charge in [0.25, 0.3) is 0 Å². The number of ether oxygens (including phenoxy) is 1. The lowest BCUT2D eigenvalue weighted by molar-refractivity contribution is -0.151. The second kappa shape index (κ2) is 4.63. The Labute approximate surface area is 134 Å². The summed E-state index contributed by atoms with van der Waals surface area (Å²) in [7, 11) is 0. The van der Waals surface area contributed by atoms with Gasteiger partial charge in [0.15, 0.2) is 0 Å². The molecule has 114 valence electrons. The first-order chi connectivity index (χ1) is 10.6. The van der Waals surface area contributed by atoms with Gasteiger partial charge in [-0.15, -0.1) is 0 Å². The van der Waals surface area contributed by atoms with E-state index in [0.29, 0.717) is 17.5 Å². The van der Waals surface area contributed by atoms with Crippen molar-refractivity contribution in [3.8, 4) is 0 Å². The van der Waals surface area contributed by atoms with E-state index >= 15 is 0 Å². The van der Waals surface area contributed by atoms with Gasteiger partial charge in [-0.3, -0.25) is 4.79 Å². The fraction of sp³-hybridized carbons (Fsp3) is 0.389. The lowest BCUT2D eigenvalue weighted by Gasteiger charge is -2.37. The number of allylic oxidation sites excluding steroid dienone is 2. The Morgan fingerprint density at radius 3 is 3.05 bits per heavy atom. The molecule has 1 N–H and O–H groups in total. The summed E-state index contributed by atoms with van der Waals surface area (Å²) in [6, 6.07) is 5.81. The van der Waals surface area contributed by atoms with Gasteiger partial charge in [0, 0.05) is 27.5 Å². The summed E-state index contributed by atoms with van der Waals surface area (Å²) < 4.78 is 5.42. The molecular formula is C18H18ClNO2. The van der Waals surface area contributed by atoms with Crippen LogP contribution in [0.5, 0.6) is 0 Å².